The van der Waals surface area contributed by atoms with Crippen LogP contribution in [-0.2, 0) is 4.79 Å². The normalized spacial score (nSPS) is 24.4. The summed E-state index contributed by atoms with van der Waals surface area (Å²) in [7, 11) is 1.87. The van der Waals surface area contributed by atoms with E-state index in [0.717, 1.165) is 18.9 Å². The zero-order valence-electron chi connectivity index (χ0n) is 20.3. The molecule has 10 nitrogen and oxygen atoms in total. The molecule has 3 aliphatic rings. The number of benzene rings is 1. The largest absolute Gasteiger partial charge is 0.483 e. The molecule has 4 heterocycles. The number of rotatable bonds is 0. The van der Waals surface area contributed by atoms with Gasteiger partial charge in [0.25, 0.3) is 11.8 Å². The molecule has 0 saturated carbocycles. The molecule has 2 amide bonds. The van der Waals surface area contributed by atoms with Gasteiger partial charge in [0.2, 0.25) is 0 Å². The Morgan fingerprint density at radius 3 is 2.89 bits per heavy atom. The van der Waals surface area contributed by atoms with E-state index in [4.69, 9.17) is 9.84 Å². The van der Waals surface area contributed by atoms with E-state index >= 15 is 0 Å². The van der Waals surface area contributed by atoms with Crippen LogP contribution < -0.4 is 15.4 Å². The molecule has 5 rings (SSSR count). The molecule has 0 aliphatic carbocycles. The fraction of sp³-hybridized carbons (Fsp3) is 0.440. The van der Waals surface area contributed by atoms with Crippen molar-refractivity contribution in [3.8, 4) is 11.8 Å². The number of nitrogens with zero attached hydrogens (tertiary/aromatic N) is 5. The highest BCUT2D eigenvalue weighted by Crippen LogP contribution is 2.37. The average molecular weight is 494 g/mol. The number of halogens is 1. The lowest BCUT2D eigenvalue weighted by Gasteiger charge is -2.35. The van der Waals surface area contributed by atoms with Crippen molar-refractivity contribution in [3.63, 3.8) is 0 Å². The average Bonchev–Trinajstić information content (AvgIpc) is 3.30. The molecule has 36 heavy (non-hydrogen) atoms. The van der Waals surface area contributed by atoms with Crippen molar-refractivity contribution in [2.24, 2.45) is 0 Å². The maximum atomic E-state index is 14.2. The van der Waals surface area contributed by atoms with Gasteiger partial charge in [0.05, 0.1) is 23.4 Å². The number of amides is 2. The molecule has 1 aromatic heterocycles. The Morgan fingerprint density at radius 1 is 1.25 bits per heavy atom. The lowest BCUT2D eigenvalue weighted by Crippen LogP contribution is -2.41. The highest BCUT2D eigenvalue weighted by molar-refractivity contribution is 5.97. The minimum absolute atomic E-state index is 0.0706. The van der Waals surface area contributed by atoms with Crippen LogP contribution in [0, 0.1) is 17.1 Å². The van der Waals surface area contributed by atoms with Crippen molar-refractivity contribution in [3.05, 3.63) is 47.4 Å². The second-order valence-corrected chi connectivity index (χ2v) is 9.52. The van der Waals surface area contributed by atoms with Crippen molar-refractivity contribution in [1.82, 2.24) is 24.9 Å². The van der Waals surface area contributed by atoms with Gasteiger partial charge in [-0.2, -0.15) is 10.4 Å². The molecule has 1 aromatic carbocycles. The first kappa shape index (κ1) is 23.7. The third kappa shape index (κ3) is 4.34. The number of carbonyl (C=O) groups excluding carboxylic acids is 2. The minimum Gasteiger partial charge on any atom is -0.483 e. The van der Waals surface area contributed by atoms with Gasteiger partial charge >= 0.3 is 0 Å². The molecular formula is C25H28FN7O3. The Kier molecular flexibility index (Phi) is 6.04. The van der Waals surface area contributed by atoms with Crippen LogP contribution in [0.25, 0.3) is 5.82 Å². The Labute approximate surface area is 208 Å². The monoisotopic (exact) mass is 493 g/mol. The van der Waals surface area contributed by atoms with Gasteiger partial charge in [0.1, 0.15) is 28.7 Å². The highest BCUT2D eigenvalue weighted by atomic mass is 19.1. The molecule has 2 bridgehead atoms. The molecular weight excluding hydrogens is 465 g/mol. The number of anilines is 1. The van der Waals surface area contributed by atoms with E-state index in [2.05, 4.69) is 16.7 Å². The molecule has 2 N–H and O–H groups in total. The van der Waals surface area contributed by atoms with E-state index in [1.165, 1.54) is 12.1 Å². The number of hydrogen-bond donors (Lipinski definition) is 2. The summed E-state index contributed by atoms with van der Waals surface area (Å²) < 4.78 is 21.6. The van der Waals surface area contributed by atoms with Crippen molar-refractivity contribution < 1.29 is 18.7 Å². The molecule has 188 valence electrons. The molecule has 3 aliphatic heterocycles. The van der Waals surface area contributed by atoms with Crippen LogP contribution in [0.4, 0.5) is 10.2 Å². The summed E-state index contributed by atoms with van der Waals surface area (Å²) in [6, 6.07) is 7.57. The van der Waals surface area contributed by atoms with Crippen molar-refractivity contribution in [1.29, 1.82) is 5.26 Å². The summed E-state index contributed by atoms with van der Waals surface area (Å²) in [5.74, 6) is 0.184. The maximum absolute atomic E-state index is 14.2. The highest BCUT2D eigenvalue weighted by Gasteiger charge is 2.36. The second kappa shape index (κ2) is 9.18. The van der Waals surface area contributed by atoms with Crippen LogP contribution in [-0.4, -0.2) is 70.2 Å². The zero-order valence-corrected chi connectivity index (χ0v) is 20.3. The Bertz CT molecular complexity index is 1280. The van der Waals surface area contributed by atoms with E-state index in [-0.39, 0.29) is 35.8 Å². The van der Waals surface area contributed by atoms with E-state index < -0.39 is 11.4 Å². The predicted octanol–water partition coefficient (Wildman–Crippen LogP) is 2.34. The zero-order chi connectivity index (χ0) is 25.4. The first-order valence-corrected chi connectivity index (χ1v) is 12.0. The molecule has 2 atom stereocenters. The number of ether oxygens (including phenoxy) is 1. The number of aromatic nitrogens is 2. The fourth-order valence-electron chi connectivity index (χ4n) is 4.88. The summed E-state index contributed by atoms with van der Waals surface area (Å²) >= 11 is 0. The van der Waals surface area contributed by atoms with Gasteiger partial charge < -0.3 is 25.2 Å². The van der Waals surface area contributed by atoms with E-state index in [1.54, 1.807) is 22.6 Å². The number of nitrogens with one attached hydrogen (secondary N) is 2. The standard InChI is InChI=1S/C25H28FN7O3/c1-25(15-27)13-23-31(2)10-8-28-22(34)14-36-20-7-6-16(26)11-17(20)24(35)32-9-4-3-5-19(32)18-12-21(29-25)33(23)30-18/h6-7,11-13,19,29H,3-5,8-10,14H2,1-2H3,(H,28,34). The van der Waals surface area contributed by atoms with Crippen LogP contribution in [0.2, 0.25) is 0 Å². The van der Waals surface area contributed by atoms with Gasteiger partial charge in [-0.15, -0.1) is 0 Å². The van der Waals surface area contributed by atoms with E-state index in [1.807, 2.05) is 18.0 Å². The smallest absolute Gasteiger partial charge is 0.258 e. The lowest BCUT2D eigenvalue weighted by molar-refractivity contribution is -0.123. The van der Waals surface area contributed by atoms with Gasteiger partial charge in [-0.25, -0.2) is 9.07 Å². The first-order chi connectivity index (χ1) is 17.3. The van der Waals surface area contributed by atoms with Gasteiger partial charge in [0, 0.05) is 32.7 Å². The molecule has 11 heteroatoms. The Hall–Kier alpha value is -4.07. The number of nitriles is 1. The number of fused-ring (bicyclic) bond motifs is 4. The number of likely N-dealkylation sites (N-methyl/N-ethyl adjacent to an activating group) is 1. The Balaban J connectivity index is 1.61. The summed E-state index contributed by atoms with van der Waals surface area (Å²) in [6.07, 6.45) is 4.21. The van der Waals surface area contributed by atoms with Gasteiger partial charge in [0.15, 0.2) is 6.61 Å². The number of piperidine rings is 1. The molecule has 1 fully saturated rings. The lowest BCUT2D eigenvalue weighted by atomic mass is 9.97. The molecule has 1 saturated heterocycles. The summed E-state index contributed by atoms with van der Waals surface area (Å²) in [5, 5.41) is 20.7. The second-order valence-electron chi connectivity index (χ2n) is 9.52. The van der Waals surface area contributed by atoms with Crippen LogP contribution in [0.15, 0.2) is 30.3 Å². The molecule has 0 spiro atoms. The van der Waals surface area contributed by atoms with Gasteiger partial charge in [-0.3, -0.25) is 9.59 Å². The van der Waals surface area contributed by atoms with E-state index in [0.29, 0.717) is 43.4 Å². The number of hydrogen-bond acceptors (Lipinski definition) is 7. The quantitative estimate of drug-likeness (QED) is 0.579. The maximum Gasteiger partial charge on any atom is 0.258 e. The molecule has 2 unspecified atom stereocenters. The fourth-order valence-corrected chi connectivity index (χ4v) is 4.88. The van der Waals surface area contributed by atoms with Crippen LogP contribution in [0.3, 0.4) is 0 Å². The van der Waals surface area contributed by atoms with Crippen LogP contribution in [0.1, 0.15) is 48.3 Å². The molecule has 0 radical (unpaired) electrons. The SMILES string of the molecule is CN1CCNC(=O)COc2ccc(F)cc2C(=O)N2CCCCC2c2cc3n(n2)C1=CC(C)(C#N)N3. The van der Waals surface area contributed by atoms with Crippen molar-refractivity contribution in [2.45, 2.75) is 37.8 Å². The van der Waals surface area contributed by atoms with Gasteiger partial charge in [-0.1, -0.05) is 0 Å². The molecule has 2 aromatic rings. The van der Waals surface area contributed by atoms with Crippen molar-refractivity contribution in [2.75, 3.05) is 38.6 Å². The summed E-state index contributed by atoms with van der Waals surface area (Å²) in [5.41, 5.74) is -0.206. The van der Waals surface area contributed by atoms with Gasteiger partial charge in [-0.05, 0) is 50.5 Å². The third-order valence-electron chi connectivity index (χ3n) is 6.78. The summed E-state index contributed by atoms with van der Waals surface area (Å²) in [4.78, 5) is 29.8. The van der Waals surface area contributed by atoms with Crippen LogP contribution in [0.5, 0.6) is 5.75 Å². The van der Waals surface area contributed by atoms with Crippen LogP contribution >= 0.6 is 0 Å². The topological polar surface area (TPSA) is 116 Å². The minimum atomic E-state index is -0.963. The first-order valence-electron chi connectivity index (χ1n) is 12.0. The Morgan fingerprint density at radius 2 is 2.08 bits per heavy atom. The number of carbonyl (C=O) groups is 2. The predicted molar refractivity (Wildman–Crippen MR) is 129 cm³/mol. The third-order valence-corrected chi connectivity index (χ3v) is 6.78. The summed E-state index contributed by atoms with van der Waals surface area (Å²) in [6.45, 7) is 2.74. The van der Waals surface area contributed by atoms with Crippen molar-refractivity contribution >= 4 is 23.5 Å². The van der Waals surface area contributed by atoms with E-state index in [9.17, 15) is 19.2 Å².